The molecule has 2 unspecified atom stereocenters. The van der Waals surface area contributed by atoms with Gasteiger partial charge in [0.25, 0.3) is 5.91 Å². The molecule has 0 aliphatic carbocycles. The lowest BCUT2D eigenvalue weighted by molar-refractivity contribution is 0.0746. The van der Waals surface area contributed by atoms with E-state index < -0.39 is 0 Å². The van der Waals surface area contributed by atoms with Gasteiger partial charge in [0, 0.05) is 24.1 Å². The normalized spacial score (nSPS) is 19.7. The van der Waals surface area contributed by atoms with E-state index in [0.29, 0.717) is 23.7 Å². The fourth-order valence-corrected chi connectivity index (χ4v) is 3.72. The second-order valence-corrected chi connectivity index (χ2v) is 6.82. The van der Waals surface area contributed by atoms with Gasteiger partial charge < -0.3 is 4.90 Å². The Labute approximate surface area is 151 Å². The lowest BCUT2D eigenvalue weighted by Crippen LogP contribution is -2.34. The summed E-state index contributed by atoms with van der Waals surface area (Å²) in [6.45, 7) is 2.77. The number of rotatable bonds is 3. The number of aromatic nitrogens is 2. The second kappa shape index (κ2) is 6.75. The smallest absolute Gasteiger partial charge is 0.257 e. The summed E-state index contributed by atoms with van der Waals surface area (Å²) in [5, 5.41) is 6.93. The van der Waals surface area contributed by atoms with Crippen molar-refractivity contribution < 1.29 is 9.18 Å². The molecule has 132 valence electrons. The minimum absolute atomic E-state index is 0.0380. The molecule has 4 rings (SSSR count). The molecule has 4 nitrogen and oxygen atoms in total. The average Bonchev–Trinajstić information content (AvgIpc) is 3.29. The Bertz CT molecular complexity index is 905. The number of hydrogen-bond acceptors (Lipinski definition) is 2. The molecule has 1 aliphatic rings. The molecule has 1 N–H and O–H groups in total. The van der Waals surface area contributed by atoms with Crippen molar-refractivity contribution in [3.8, 4) is 11.3 Å². The van der Waals surface area contributed by atoms with E-state index in [1.54, 1.807) is 18.3 Å². The van der Waals surface area contributed by atoms with Gasteiger partial charge in [-0.1, -0.05) is 30.3 Å². The SMILES string of the molecule is CC1CC(c2ccccc2)CN1C(=O)c1cn[nH]c1-c1ccc(F)cc1. The minimum Gasteiger partial charge on any atom is -0.335 e. The highest BCUT2D eigenvalue weighted by Gasteiger charge is 2.34. The van der Waals surface area contributed by atoms with Crippen LogP contribution < -0.4 is 0 Å². The first-order valence-corrected chi connectivity index (χ1v) is 8.78. The van der Waals surface area contributed by atoms with Gasteiger partial charge in [-0.25, -0.2) is 4.39 Å². The standard InChI is InChI=1S/C21H20FN3O/c1-14-11-17(15-5-3-2-4-6-15)13-25(14)21(26)19-12-23-24-20(19)16-7-9-18(22)10-8-16/h2-10,12,14,17H,11,13H2,1H3,(H,23,24). The lowest BCUT2D eigenvalue weighted by atomic mass is 9.97. The van der Waals surface area contributed by atoms with Crippen LogP contribution in [0.3, 0.4) is 0 Å². The monoisotopic (exact) mass is 349 g/mol. The molecule has 1 fully saturated rings. The zero-order chi connectivity index (χ0) is 18.1. The van der Waals surface area contributed by atoms with Crippen LogP contribution in [0.15, 0.2) is 60.8 Å². The number of nitrogens with zero attached hydrogens (tertiary/aromatic N) is 2. The molecule has 0 spiro atoms. The zero-order valence-electron chi connectivity index (χ0n) is 14.5. The molecule has 0 bridgehead atoms. The Balaban J connectivity index is 1.59. The topological polar surface area (TPSA) is 49.0 Å². The Morgan fingerprint density at radius 1 is 1.15 bits per heavy atom. The summed E-state index contributed by atoms with van der Waals surface area (Å²) in [5.74, 6) is 0.000313. The van der Waals surface area contributed by atoms with Crippen LogP contribution in [0.5, 0.6) is 0 Å². The maximum Gasteiger partial charge on any atom is 0.257 e. The number of nitrogens with one attached hydrogen (secondary N) is 1. The van der Waals surface area contributed by atoms with Crippen molar-refractivity contribution in [3.05, 3.63) is 77.7 Å². The van der Waals surface area contributed by atoms with Gasteiger partial charge in [-0.05, 0) is 43.2 Å². The van der Waals surface area contributed by atoms with Crippen LogP contribution in [0, 0.1) is 5.82 Å². The van der Waals surface area contributed by atoms with Crippen LogP contribution in [-0.4, -0.2) is 33.6 Å². The van der Waals surface area contributed by atoms with E-state index in [1.165, 1.54) is 17.7 Å². The van der Waals surface area contributed by atoms with Crippen molar-refractivity contribution in [2.45, 2.75) is 25.3 Å². The fraction of sp³-hybridized carbons (Fsp3) is 0.238. The molecule has 1 saturated heterocycles. The van der Waals surface area contributed by atoms with E-state index in [2.05, 4.69) is 29.3 Å². The number of aromatic amines is 1. The predicted molar refractivity (Wildman–Crippen MR) is 98.3 cm³/mol. The molecular weight excluding hydrogens is 329 g/mol. The first-order valence-electron chi connectivity index (χ1n) is 8.78. The van der Waals surface area contributed by atoms with Crippen molar-refractivity contribution in [2.24, 2.45) is 0 Å². The van der Waals surface area contributed by atoms with Crippen LogP contribution in [0.1, 0.15) is 35.2 Å². The Kier molecular flexibility index (Phi) is 4.29. The number of hydrogen-bond donors (Lipinski definition) is 1. The van der Waals surface area contributed by atoms with Crippen molar-refractivity contribution >= 4 is 5.91 Å². The summed E-state index contributed by atoms with van der Waals surface area (Å²) in [4.78, 5) is 15.1. The third-order valence-electron chi connectivity index (χ3n) is 5.11. The molecule has 0 saturated carbocycles. The summed E-state index contributed by atoms with van der Waals surface area (Å²) in [6, 6.07) is 16.5. The maximum absolute atomic E-state index is 13.2. The van der Waals surface area contributed by atoms with Gasteiger partial charge in [-0.3, -0.25) is 9.89 Å². The van der Waals surface area contributed by atoms with Crippen molar-refractivity contribution in [1.82, 2.24) is 15.1 Å². The fourth-order valence-electron chi connectivity index (χ4n) is 3.72. The van der Waals surface area contributed by atoms with Crippen molar-refractivity contribution in [3.63, 3.8) is 0 Å². The Morgan fingerprint density at radius 2 is 1.88 bits per heavy atom. The molecule has 0 radical (unpaired) electrons. The number of amides is 1. The third-order valence-corrected chi connectivity index (χ3v) is 5.11. The molecule has 2 atom stereocenters. The summed E-state index contributed by atoms with van der Waals surface area (Å²) in [7, 11) is 0. The quantitative estimate of drug-likeness (QED) is 0.769. The number of carbonyl (C=O) groups excluding carboxylic acids is 1. The molecule has 1 aliphatic heterocycles. The van der Waals surface area contributed by atoms with Gasteiger partial charge in [0.05, 0.1) is 17.5 Å². The van der Waals surface area contributed by atoms with E-state index >= 15 is 0 Å². The molecule has 1 amide bonds. The molecule has 5 heteroatoms. The number of halogens is 1. The zero-order valence-corrected chi connectivity index (χ0v) is 14.5. The number of carbonyl (C=O) groups is 1. The van der Waals surface area contributed by atoms with Gasteiger partial charge in [-0.15, -0.1) is 0 Å². The Morgan fingerprint density at radius 3 is 2.62 bits per heavy atom. The third kappa shape index (κ3) is 3.01. The van der Waals surface area contributed by atoms with Gasteiger partial charge in [0.1, 0.15) is 5.82 Å². The maximum atomic E-state index is 13.2. The highest BCUT2D eigenvalue weighted by Crippen LogP contribution is 2.33. The van der Waals surface area contributed by atoms with Gasteiger partial charge >= 0.3 is 0 Å². The van der Waals surface area contributed by atoms with Crippen LogP contribution >= 0.6 is 0 Å². The highest BCUT2D eigenvalue weighted by molar-refractivity contribution is 6.00. The van der Waals surface area contributed by atoms with Crippen LogP contribution in [0.25, 0.3) is 11.3 Å². The number of benzene rings is 2. The summed E-state index contributed by atoms with van der Waals surface area (Å²) in [6.07, 6.45) is 2.50. The highest BCUT2D eigenvalue weighted by atomic mass is 19.1. The number of likely N-dealkylation sites (tertiary alicyclic amines) is 1. The Hall–Kier alpha value is -2.95. The lowest BCUT2D eigenvalue weighted by Gasteiger charge is -2.21. The average molecular weight is 349 g/mol. The molecule has 2 heterocycles. The number of H-pyrrole nitrogens is 1. The van der Waals surface area contributed by atoms with Crippen LogP contribution in [0.4, 0.5) is 4.39 Å². The van der Waals surface area contributed by atoms with E-state index in [9.17, 15) is 9.18 Å². The molecule has 3 aromatic rings. The van der Waals surface area contributed by atoms with Crippen molar-refractivity contribution in [1.29, 1.82) is 0 Å². The van der Waals surface area contributed by atoms with Gasteiger partial charge in [0.15, 0.2) is 0 Å². The summed E-state index contributed by atoms with van der Waals surface area (Å²) in [5.41, 5.74) is 3.17. The first kappa shape index (κ1) is 16.5. The van der Waals surface area contributed by atoms with Crippen LogP contribution in [0.2, 0.25) is 0 Å². The van der Waals surface area contributed by atoms with Crippen molar-refractivity contribution in [2.75, 3.05) is 6.54 Å². The summed E-state index contributed by atoms with van der Waals surface area (Å²) >= 11 is 0. The van der Waals surface area contributed by atoms with Gasteiger partial charge in [-0.2, -0.15) is 5.10 Å². The summed E-state index contributed by atoms with van der Waals surface area (Å²) < 4.78 is 13.2. The van der Waals surface area contributed by atoms with E-state index in [0.717, 1.165) is 12.0 Å². The largest absolute Gasteiger partial charge is 0.335 e. The van der Waals surface area contributed by atoms with E-state index in [1.807, 2.05) is 23.1 Å². The van der Waals surface area contributed by atoms with Gasteiger partial charge in [0.2, 0.25) is 0 Å². The second-order valence-electron chi connectivity index (χ2n) is 6.82. The molecule has 26 heavy (non-hydrogen) atoms. The van der Waals surface area contributed by atoms with Crippen LogP contribution in [-0.2, 0) is 0 Å². The molecule has 2 aromatic carbocycles. The minimum atomic E-state index is -0.306. The van der Waals surface area contributed by atoms with E-state index in [4.69, 9.17) is 0 Å². The molecular formula is C21H20FN3O. The van der Waals surface area contributed by atoms with E-state index in [-0.39, 0.29) is 17.8 Å². The predicted octanol–water partition coefficient (Wildman–Crippen LogP) is 4.23. The first-order chi connectivity index (χ1) is 12.6. The molecule has 1 aromatic heterocycles.